The molecule has 0 spiro atoms. The van der Waals surface area contributed by atoms with Crippen molar-refractivity contribution in [3.05, 3.63) is 89.0 Å². The van der Waals surface area contributed by atoms with Crippen LogP contribution in [0.25, 0.3) is 22.2 Å². The molecule has 0 N–H and O–H groups in total. The Morgan fingerprint density at radius 2 is 1.85 bits per heavy atom. The molecule has 0 bridgehead atoms. The van der Waals surface area contributed by atoms with E-state index in [4.69, 9.17) is 11.6 Å². The van der Waals surface area contributed by atoms with E-state index in [1.165, 1.54) is 0 Å². The second-order valence-corrected chi connectivity index (χ2v) is 10.5. The van der Waals surface area contributed by atoms with Gasteiger partial charge in [-0.2, -0.15) is 10.2 Å². The van der Waals surface area contributed by atoms with Gasteiger partial charge in [0.1, 0.15) is 11.2 Å². The molecular weight excluding hydrogens is 514 g/mol. The lowest BCUT2D eigenvalue weighted by Crippen LogP contribution is -2.53. The number of benzene rings is 2. The number of aryl methyl sites for hydroxylation is 1. The van der Waals surface area contributed by atoms with Gasteiger partial charge >= 0.3 is 0 Å². The number of halogens is 1. The summed E-state index contributed by atoms with van der Waals surface area (Å²) in [5.74, 6) is -0.391. The van der Waals surface area contributed by atoms with Crippen molar-refractivity contribution >= 4 is 40.0 Å². The van der Waals surface area contributed by atoms with Crippen LogP contribution in [0.4, 0.5) is 5.69 Å². The molecule has 2 aromatic carbocycles. The molecule has 0 unspecified atom stereocenters. The number of carbonyl (C=O) groups excluding carboxylic acids is 2. The van der Waals surface area contributed by atoms with Crippen molar-refractivity contribution in [3.8, 4) is 11.3 Å². The standard InChI is InChI=1S/C29H26ClN7O2/c1-33-23-10-6-9-19-21(22-11-13-31-34(22)2)16-35(26(19)23)17-24(28(33)38)36-14-12-20-25(29(36)39)32-37(27(20)30)15-18-7-4-3-5-8-18/h3-11,13,16,24H,12,14-15,17H2,1-2H3/t24-/m0/s1. The minimum absolute atomic E-state index is 0.125. The lowest BCUT2D eigenvalue weighted by atomic mass is 10.0. The van der Waals surface area contributed by atoms with Crippen LogP contribution in [0, 0.1) is 0 Å². The highest BCUT2D eigenvalue weighted by Crippen LogP contribution is 2.38. The van der Waals surface area contributed by atoms with Crippen molar-refractivity contribution in [2.45, 2.75) is 25.6 Å². The maximum absolute atomic E-state index is 13.9. The summed E-state index contributed by atoms with van der Waals surface area (Å²) in [6, 6.07) is 17.2. The lowest BCUT2D eigenvalue weighted by Gasteiger charge is -2.34. The van der Waals surface area contributed by atoms with E-state index in [0.29, 0.717) is 36.9 Å². The van der Waals surface area contributed by atoms with Gasteiger partial charge in [0.2, 0.25) is 0 Å². The van der Waals surface area contributed by atoms with E-state index in [9.17, 15) is 9.59 Å². The molecule has 9 nitrogen and oxygen atoms in total. The van der Waals surface area contributed by atoms with E-state index in [0.717, 1.165) is 39.0 Å². The molecule has 5 heterocycles. The fourth-order valence-corrected chi connectivity index (χ4v) is 6.22. The predicted octanol–water partition coefficient (Wildman–Crippen LogP) is 3.98. The van der Waals surface area contributed by atoms with Crippen LogP contribution in [0.3, 0.4) is 0 Å². The summed E-state index contributed by atoms with van der Waals surface area (Å²) in [5.41, 5.74) is 5.91. The van der Waals surface area contributed by atoms with Crippen LogP contribution in [-0.4, -0.2) is 60.5 Å². The minimum Gasteiger partial charge on any atom is -0.342 e. The maximum Gasteiger partial charge on any atom is 0.275 e. The molecular formula is C29H26ClN7O2. The first-order valence-corrected chi connectivity index (χ1v) is 13.3. The number of rotatable bonds is 4. The summed E-state index contributed by atoms with van der Waals surface area (Å²) in [6.45, 7) is 1.20. The summed E-state index contributed by atoms with van der Waals surface area (Å²) in [7, 11) is 3.69. The second kappa shape index (κ2) is 8.84. The molecule has 5 aromatic rings. The van der Waals surface area contributed by atoms with Gasteiger partial charge in [0.15, 0.2) is 5.69 Å². The van der Waals surface area contributed by atoms with E-state index >= 15 is 0 Å². The Kier molecular flexibility index (Phi) is 5.38. The SMILES string of the molecule is CN1C(=O)[C@@H](N2CCc3c(nn(Cc4ccccc4)c3Cl)C2=O)Cn2cc(-c3ccnn3C)c3cccc1c32. The largest absolute Gasteiger partial charge is 0.342 e. The fraction of sp³-hybridized carbons (Fsp3) is 0.241. The van der Waals surface area contributed by atoms with Crippen LogP contribution in [0.15, 0.2) is 67.0 Å². The molecule has 7 rings (SSSR count). The first-order valence-electron chi connectivity index (χ1n) is 12.9. The molecule has 0 fully saturated rings. The number of anilines is 1. The third-order valence-corrected chi connectivity index (χ3v) is 8.34. The minimum atomic E-state index is -0.684. The fourth-order valence-electron chi connectivity index (χ4n) is 5.94. The zero-order valence-corrected chi connectivity index (χ0v) is 22.3. The Morgan fingerprint density at radius 3 is 2.62 bits per heavy atom. The first-order chi connectivity index (χ1) is 18.9. The molecule has 2 aliphatic rings. The maximum atomic E-state index is 13.9. The van der Waals surface area contributed by atoms with Crippen molar-refractivity contribution in [2.24, 2.45) is 7.05 Å². The van der Waals surface area contributed by atoms with Crippen LogP contribution >= 0.6 is 11.6 Å². The zero-order chi connectivity index (χ0) is 26.8. The number of nitrogens with zero attached hydrogens (tertiary/aromatic N) is 7. The van der Waals surface area contributed by atoms with E-state index in [1.807, 2.05) is 60.3 Å². The number of amides is 2. The number of para-hydroxylation sites is 1. The van der Waals surface area contributed by atoms with E-state index in [1.54, 1.807) is 27.7 Å². The van der Waals surface area contributed by atoms with Crippen LogP contribution in [-0.2, 0) is 31.4 Å². The molecule has 1 atom stereocenters. The highest BCUT2D eigenvalue weighted by molar-refractivity contribution is 6.31. The number of carbonyl (C=O) groups is 2. The summed E-state index contributed by atoms with van der Waals surface area (Å²) in [5, 5.41) is 10.5. The number of hydrogen-bond donors (Lipinski definition) is 0. The van der Waals surface area contributed by atoms with Gasteiger partial charge in [-0.05, 0) is 24.1 Å². The van der Waals surface area contributed by atoms with Crippen molar-refractivity contribution in [1.29, 1.82) is 0 Å². The molecule has 10 heteroatoms. The van der Waals surface area contributed by atoms with Crippen LogP contribution in [0.5, 0.6) is 0 Å². The Morgan fingerprint density at radius 1 is 1.03 bits per heavy atom. The highest BCUT2D eigenvalue weighted by atomic mass is 35.5. The summed E-state index contributed by atoms with van der Waals surface area (Å²) < 4.78 is 5.62. The number of likely N-dealkylation sites (N-methyl/N-ethyl adjacent to an activating group) is 1. The van der Waals surface area contributed by atoms with E-state index in [2.05, 4.69) is 27.0 Å². The Hall–Kier alpha value is -4.37. The highest BCUT2D eigenvalue weighted by Gasteiger charge is 2.41. The molecule has 39 heavy (non-hydrogen) atoms. The van der Waals surface area contributed by atoms with Gasteiger partial charge in [-0.3, -0.25) is 14.3 Å². The van der Waals surface area contributed by atoms with Crippen molar-refractivity contribution in [3.63, 3.8) is 0 Å². The third kappa shape index (κ3) is 3.60. The summed E-state index contributed by atoms with van der Waals surface area (Å²) >= 11 is 6.69. The number of hydrogen-bond acceptors (Lipinski definition) is 4. The smallest absolute Gasteiger partial charge is 0.275 e. The van der Waals surface area contributed by atoms with Crippen LogP contribution in [0.1, 0.15) is 21.6 Å². The molecule has 2 amide bonds. The van der Waals surface area contributed by atoms with Gasteiger partial charge < -0.3 is 14.4 Å². The monoisotopic (exact) mass is 539 g/mol. The molecule has 2 aliphatic heterocycles. The third-order valence-electron chi connectivity index (χ3n) is 7.92. The summed E-state index contributed by atoms with van der Waals surface area (Å²) in [4.78, 5) is 31.0. The Balaban J connectivity index is 1.26. The van der Waals surface area contributed by atoms with Gasteiger partial charge in [0.25, 0.3) is 11.8 Å². The molecule has 3 aromatic heterocycles. The molecule has 0 saturated heterocycles. The van der Waals surface area contributed by atoms with Crippen molar-refractivity contribution < 1.29 is 9.59 Å². The number of fused-ring (bicyclic) bond motifs is 1. The quantitative estimate of drug-likeness (QED) is 0.346. The van der Waals surface area contributed by atoms with Crippen molar-refractivity contribution in [2.75, 3.05) is 18.5 Å². The normalized spacial score (nSPS) is 17.2. The lowest BCUT2D eigenvalue weighted by molar-refractivity contribution is -0.123. The summed E-state index contributed by atoms with van der Waals surface area (Å²) in [6.07, 6.45) is 4.38. The van der Waals surface area contributed by atoms with Gasteiger partial charge in [-0.1, -0.05) is 54.1 Å². The van der Waals surface area contributed by atoms with Gasteiger partial charge in [0, 0.05) is 49.5 Å². The molecule has 0 aliphatic carbocycles. The Bertz CT molecular complexity index is 1770. The second-order valence-electron chi connectivity index (χ2n) is 10.1. The van der Waals surface area contributed by atoms with Gasteiger partial charge in [-0.25, -0.2) is 4.68 Å². The van der Waals surface area contributed by atoms with Gasteiger partial charge in [0.05, 0.1) is 30.0 Å². The molecule has 0 radical (unpaired) electrons. The first kappa shape index (κ1) is 23.7. The van der Waals surface area contributed by atoms with Crippen LogP contribution < -0.4 is 4.90 Å². The average Bonchev–Trinajstić information content (AvgIpc) is 3.61. The average molecular weight is 540 g/mol. The van der Waals surface area contributed by atoms with Crippen LogP contribution in [0.2, 0.25) is 5.15 Å². The molecule has 196 valence electrons. The van der Waals surface area contributed by atoms with E-state index < -0.39 is 6.04 Å². The Labute approximate surface area is 229 Å². The molecule has 0 saturated carbocycles. The van der Waals surface area contributed by atoms with E-state index in [-0.39, 0.29) is 11.8 Å². The van der Waals surface area contributed by atoms with Gasteiger partial charge in [-0.15, -0.1) is 0 Å². The number of aromatic nitrogens is 5. The zero-order valence-electron chi connectivity index (χ0n) is 21.6. The van der Waals surface area contributed by atoms with Crippen molar-refractivity contribution in [1.82, 2.24) is 29.0 Å². The topological polar surface area (TPSA) is 81.2 Å². The predicted molar refractivity (Wildman–Crippen MR) is 149 cm³/mol.